The zero-order valence-corrected chi connectivity index (χ0v) is 15.9. The molecule has 0 aromatic heterocycles. The highest BCUT2D eigenvalue weighted by Crippen LogP contribution is 2.14. The number of ether oxygens (including phenoxy) is 1. The van der Waals surface area contributed by atoms with E-state index in [1.165, 1.54) is 0 Å². The van der Waals surface area contributed by atoms with Crippen LogP contribution in [0.3, 0.4) is 0 Å². The molecule has 0 aliphatic carbocycles. The van der Waals surface area contributed by atoms with Crippen LogP contribution >= 0.6 is 24.0 Å². The average Bonchev–Trinajstić information content (AvgIpc) is 2.84. The van der Waals surface area contributed by atoms with Crippen LogP contribution in [0.2, 0.25) is 5.02 Å². The molecule has 1 saturated heterocycles. The van der Waals surface area contributed by atoms with Gasteiger partial charge in [-0.2, -0.15) is 0 Å². The van der Waals surface area contributed by atoms with Gasteiger partial charge in [-0.05, 0) is 24.6 Å². The number of nitrogens with zero attached hydrogens (tertiary/aromatic N) is 2. The van der Waals surface area contributed by atoms with Gasteiger partial charge in [0.15, 0.2) is 0 Å². The monoisotopic (exact) mass is 389 g/mol. The number of halogens is 2. The van der Waals surface area contributed by atoms with Gasteiger partial charge in [-0.3, -0.25) is 9.59 Å². The van der Waals surface area contributed by atoms with Crippen LogP contribution in [0.1, 0.15) is 16.8 Å². The van der Waals surface area contributed by atoms with Crippen molar-refractivity contribution in [2.24, 2.45) is 0 Å². The van der Waals surface area contributed by atoms with Crippen LogP contribution in [0.4, 0.5) is 0 Å². The van der Waals surface area contributed by atoms with Crippen LogP contribution in [0, 0.1) is 0 Å². The van der Waals surface area contributed by atoms with Gasteiger partial charge in [-0.25, -0.2) is 0 Å². The highest BCUT2D eigenvalue weighted by atomic mass is 35.5. The van der Waals surface area contributed by atoms with E-state index in [0.29, 0.717) is 56.5 Å². The van der Waals surface area contributed by atoms with Crippen LogP contribution in [-0.2, 0) is 9.53 Å². The summed E-state index contributed by atoms with van der Waals surface area (Å²) < 4.78 is 4.94. The lowest BCUT2D eigenvalue weighted by Gasteiger charge is -2.22. The summed E-state index contributed by atoms with van der Waals surface area (Å²) in [6.45, 7) is 3.93. The first-order valence-corrected chi connectivity index (χ1v) is 8.52. The number of carbonyl (C=O) groups excluding carboxylic acids is 2. The van der Waals surface area contributed by atoms with Gasteiger partial charge in [0.25, 0.3) is 5.91 Å². The molecule has 2 amide bonds. The highest BCUT2D eigenvalue weighted by molar-refractivity contribution is 6.30. The molecule has 1 fully saturated rings. The van der Waals surface area contributed by atoms with Crippen molar-refractivity contribution in [1.29, 1.82) is 0 Å². The largest absolute Gasteiger partial charge is 0.383 e. The van der Waals surface area contributed by atoms with E-state index in [2.05, 4.69) is 5.32 Å². The van der Waals surface area contributed by atoms with Crippen molar-refractivity contribution < 1.29 is 14.3 Å². The van der Waals surface area contributed by atoms with Crippen molar-refractivity contribution in [3.63, 3.8) is 0 Å². The molecule has 1 aliphatic rings. The van der Waals surface area contributed by atoms with E-state index in [4.69, 9.17) is 16.3 Å². The van der Waals surface area contributed by atoms with E-state index >= 15 is 0 Å². The molecule has 1 heterocycles. The van der Waals surface area contributed by atoms with Crippen molar-refractivity contribution in [3.05, 3.63) is 34.9 Å². The molecular weight excluding hydrogens is 365 g/mol. The van der Waals surface area contributed by atoms with E-state index in [1.807, 2.05) is 4.90 Å². The highest BCUT2D eigenvalue weighted by Gasteiger charge is 2.22. The molecule has 0 saturated carbocycles. The van der Waals surface area contributed by atoms with E-state index in [0.717, 1.165) is 6.42 Å². The Morgan fingerprint density at radius 1 is 1.20 bits per heavy atom. The molecule has 1 aliphatic heterocycles. The fraction of sp³-hybridized carbons (Fsp3) is 0.529. The first kappa shape index (κ1) is 21.7. The zero-order chi connectivity index (χ0) is 17.4. The maximum atomic E-state index is 12.6. The second-order valence-corrected chi connectivity index (χ2v) is 6.14. The number of hydrogen-bond donors (Lipinski definition) is 1. The summed E-state index contributed by atoms with van der Waals surface area (Å²) in [6, 6.07) is 6.96. The van der Waals surface area contributed by atoms with E-state index < -0.39 is 0 Å². The molecule has 140 valence electrons. The normalized spacial score (nSPS) is 14.6. The topological polar surface area (TPSA) is 61.9 Å². The number of hydrogen-bond acceptors (Lipinski definition) is 4. The smallest absolute Gasteiger partial charge is 0.253 e. The number of rotatable bonds is 6. The summed E-state index contributed by atoms with van der Waals surface area (Å²) in [4.78, 5) is 28.4. The fourth-order valence-electron chi connectivity index (χ4n) is 2.66. The Hall–Kier alpha value is -1.34. The number of nitrogens with one attached hydrogen (secondary N) is 1. The Bertz CT molecular complexity index is 572. The van der Waals surface area contributed by atoms with Gasteiger partial charge in [0.05, 0.1) is 13.2 Å². The molecule has 6 nitrogen and oxygen atoms in total. The maximum Gasteiger partial charge on any atom is 0.253 e. The first-order chi connectivity index (χ1) is 11.6. The lowest BCUT2D eigenvalue weighted by Crippen LogP contribution is -2.41. The molecular formula is C17H25Cl2N3O3. The number of carbonyl (C=O) groups is 2. The van der Waals surface area contributed by atoms with E-state index in [-0.39, 0.29) is 24.2 Å². The Morgan fingerprint density at radius 2 is 1.92 bits per heavy atom. The predicted octanol–water partition coefficient (Wildman–Crippen LogP) is 1.67. The molecule has 25 heavy (non-hydrogen) atoms. The molecule has 0 bridgehead atoms. The Kier molecular flexibility index (Phi) is 9.82. The van der Waals surface area contributed by atoms with Crippen LogP contribution in [0.5, 0.6) is 0 Å². The minimum atomic E-state index is -0.0370. The third-order valence-corrected chi connectivity index (χ3v) is 4.20. The molecule has 0 unspecified atom stereocenters. The molecule has 0 radical (unpaired) electrons. The Morgan fingerprint density at radius 3 is 2.64 bits per heavy atom. The van der Waals surface area contributed by atoms with Crippen LogP contribution in [0.25, 0.3) is 0 Å². The van der Waals surface area contributed by atoms with Crippen molar-refractivity contribution in [1.82, 2.24) is 15.1 Å². The first-order valence-electron chi connectivity index (χ1n) is 8.14. The maximum absolute atomic E-state index is 12.6. The fourth-order valence-corrected chi connectivity index (χ4v) is 2.85. The number of benzene rings is 1. The zero-order valence-electron chi connectivity index (χ0n) is 14.4. The lowest BCUT2D eigenvalue weighted by atomic mass is 10.2. The van der Waals surface area contributed by atoms with Gasteiger partial charge in [0.2, 0.25) is 5.91 Å². The van der Waals surface area contributed by atoms with E-state index in [9.17, 15) is 9.59 Å². The van der Waals surface area contributed by atoms with E-state index in [1.54, 1.807) is 36.3 Å². The lowest BCUT2D eigenvalue weighted by molar-refractivity contribution is -0.130. The minimum Gasteiger partial charge on any atom is -0.383 e. The Labute approximate surface area is 159 Å². The van der Waals surface area contributed by atoms with Crippen molar-refractivity contribution >= 4 is 35.8 Å². The van der Waals surface area contributed by atoms with Crippen molar-refractivity contribution in [2.75, 3.05) is 53.0 Å². The Balaban J connectivity index is 0.00000312. The van der Waals surface area contributed by atoms with Gasteiger partial charge < -0.3 is 19.9 Å². The van der Waals surface area contributed by atoms with Gasteiger partial charge in [0, 0.05) is 50.4 Å². The molecule has 1 aromatic carbocycles. The molecule has 0 spiro atoms. The predicted molar refractivity (Wildman–Crippen MR) is 101 cm³/mol. The third-order valence-electron chi connectivity index (χ3n) is 3.97. The second kappa shape index (κ2) is 11.3. The number of methoxy groups -OCH3 is 1. The van der Waals surface area contributed by atoms with Gasteiger partial charge in [-0.1, -0.05) is 17.7 Å². The summed E-state index contributed by atoms with van der Waals surface area (Å²) in [6.07, 6.45) is 0.774. The second-order valence-electron chi connectivity index (χ2n) is 5.71. The van der Waals surface area contributed by atoms with Gasteiger partial charge in [0.1, 0.15) is 0 Å². The molecule has 8 heteroatoms. The van der Waals surface area contributed by atoms with Crippen molar-refractivity contribution in [3.8, 4) is 0 Å². The SMILES string of the molecule is COCCNCC(=O)N1CCCN(C(=O)c2cccc(Cl)c2)CC1.Cl. The number of amides is 2. The molecule has 2 rings (SSSR count). The van der Waals surface area contributed by atoms with Crippen molar-refractivity contribution in [2.45, 2.75) is 6.42 Å². The summed E-state index contributed by atoms with van der Waals surface area (Å²) in [7, 11) is 1.63. The molecule has 0 atom stereocenters. The summed E-state index contributed by atoms with van der Waals surface area (Å²) in [5.41, 5.74) is 0.587. The minimum absolute atomic E-state index is 0. The quantitative estimate of drug-likeness (QED) is 0.751. The van der Waals surface area contributed by atoms with Crippen LogP contribution in [-0.4, -0.2) is 74.6 Å². The summed E-state index contributed by atoms with van der Waals surface area (Å²) in [5, 5.41) is 3.61. The summed E-state index contributed by atoms with van der Waals surface area (Å²) in [5.74, 6) is 0.0215. The van der Waals surface area contributed by atoms with Gasteiger partial charge in [-0.15, -0.1) is 12.4 Å². The average molecular weight is 390 g/mol. The van der Waals surface area contributed by atoms with Gasteiger partial charge >= 0.3 is 0 Å². The molecule has 1 aromatic rings. The van der Waals surface area contributed by atoms with Crippen LogP contribution in [0.15, 0.2) is 24.3 Å². The van der Waals surface area contributed by atoms with Crippen LogP contribution < -0.4 is 5.32 Å². The standard InChI is InChI=1S/C17H24ClN3O3.ClH/c1-24-11-6-19-13-16(22)20-7-3-8-21(10-9-20)17(23)14-4-2-5-15(18)12-14;/h2,4-5,12,19H,3,6-11,13H2,1H3;1H. The third kappa shape index (κ3) is 6.82. The summed E-state index contributed by atoms with van der Waals surface area (Å²) >= 11 is 5.96. The molecule has 1 N–H and O–H groups in total.